The highest BCUT2D eigenvalue weighted by molar-refractivity contribution is 5.94. The molecular weight excluding hydrogens is 440 g/mol. The average Bonchev–Trinajstić information content (AvgIpc) is 3.43. The Morgan fingerprint density at radius 1 is 0.943 bits per heavy atom. The smallest absolute Gasteiger partial charge is 0.265 e. The fourth-order valence-corrected chi connectivity index (χ4v) is 4.15. The average molecular weight is 465 g/mol. The number of benzene rings is 3. The van der Waals surface area contributed by atoms with Crippen LogP contribution in [0.3, 0.4) is 0 Å². The fourth-order valence-electron chi connectivity index (χ4n) is 4.15. The van der Waals surface area contributed by atoms with Crippen molar-refractivity contribution >= 4 is 16.8 Å². The molecule has 0 saturated heterocycles. The van der Waals surface area contributed by atoms with E-state index in [1.807, 2.05) is 49.4 Å². The van der Waals surface area contributed by atoms with Gasteiger partial charge in [0.05, 0.1) is 28.3 Å². The van der Waals surface area contributed by atoms with Crippen molar-refractivity contribution in [1.82, 2.24) is 29.2 Å². The lowest BCUT2D eigenvalue weighted by atomic mass is 10.1. The van der Waals surface area contributed by atoms with Gasteiger partial charge < -0.3 is 4.90 Å². The van der Waals surface area contributed by atoms with Gasteiger partial charge in [0.1, 0.15) is 18.5 Å². The summed E-state index contributed by atoms with van der Waals surface area (Å²) in [6.07, 6.45) is 3.13. The normalized spacial score (nSPS) is 12.0. The molecule has 1 atom stereocenters. The van der Waals surface area contributed by atoms with Gasteiger partial charge in [0.25, 0.3) is 11.5 Å². The first-order valence-electron chi connectivity index (χ1n) is 11.2. The van der Waals surface area contributed by atoms with Gasteiger partial charge in [-0.15, -0.1) is 0 Å². The van der Waals surface area contributed by atoms with Crippen LogP contribution >= 0.6 is 0 Å². The highest BCUT2D eigenvalue weighted by Crippen LogP contribution is 2.23. The van der Waals surface area contributed by atoms with Crippen LogP contribution in [-0.4, -0.2) is 42.2 Å². The van der Waals surface area contributed by atoms with Crippen molar-refractivity contribution in [2.24, 2.45) is 0 Å². The van der Waals surface area contributed by atoms with Gasteiger partial charge >= 0.3 is 0 Å². The zero-order valence-corrected chi connectivity index (χ0v) is 19.7. The molecule has 5 rings (SSSR count). The highest BCUT2D eigenvalue weighted by atomic mass is 16.2. The van der Waals surface area contributed by atoms with Crippen LogP contribution in [0.1, 0.15) is 34.7 Å². The van der Waals surface area contributed by atoms with Crippen molar-refractivity contribution in [3.63, 3.8) is 0 Å². The summed E-state index contributed by atoms with van der Waals surface area (Å²) in [4.78, 5) is 36.5. The summed E-state index contributed by atoms with van der Waals surface area (Å²) in [6.45, 7) is 3.79. The number of carbonyl (C=O) groups is 1. The molecule has 0 aliphatic heterocycles. The molecule has 174 valence electrons. The Bertz CT molecular complexity index is 1550. The Kier molecular flexibility index (Phi) is 5.70. The lowest BCUT2D eigenvalue weighted by molar-refractivity contribution is 0.0742. The minimum atomic E-state index is -0.137. The second kappa shape index (κ2) is 8.98. The van der Waals surface area contributed by atoms with Crippen LogP contribution in [0.5, 0.6) is 0 Å². The molecule has 0 aliphatic rings. The maximum absolute atomic E-state index is 13.2. The van der Waals surface area contributed by atoms with Crippen molar-refractivity contribution in [3.8, 4) is 11.4 Å². The number of amides is 1. The number of aryl methyl sites for hydroxylation is 1. The van der Waals surface area contributed by atoms with Gasteiger partial charge in [-0.2, -0.15) is 5.10 Å². The monoisotopic (exact) mass is 464 g/mol. The van der Waals surface area contributed by atoms with Crippen molar-refractivity contribution in [2.75, 3.05) is 7.05 Å². The minimum absolute atomic E-state index is 0.106. The van der Waals surface area contributed by atoms with E-state index in [0.717, 1.165) is 11.3 Å². The highest BCUT2D eigenvalue weighted by Gasteiger charge is 2.19. The first-order chi connectivity index (χ1) is 16.9. The van der Waals surface area contributed by atoms with Crippen LogP contribution in [-0.2, 0) is 0 Å². The maximum Gasteiger partial charge on any atom is 0.265 e. The predicted octanol–water partition coefficient (Wildman–Crippen LogP) is 4.11. The van der Waals surface area contributed by atoms with E-state index in [0.29, 0.717) is 28.0 Å². The largest absolute Gasteiger partial charge is 0.335 e. The van der Waals surface area contributed by atoms with Crippen molar-refractivity contribution in [2.45, 2.75) is 19.9 Å². The van der Waals surface area contributed by atoms with Crippen molar-refractivity contribution in [3.05, 3.63) is 113 Å². The van der Waals surface area contributed by atoms with E-state index >= 15 is 0 Å². The number of carbonyl (C=O) groups excluding carboxylic acids is 1. The quantitative estimate of drug-likeness (QED) is 0.391. The topological polar surface area (TPSA) is 85.9 Å². The van der Waals surface area contributed by atoms with Gasteiger partial charge in [-0.3, -0.25) is 14.2 Å². The van der Waals surface area contributed by atoms with Gasteiger partial charge in [0, 0.05) is 12.6 Å². The van der Waals surface area contributed by atoms with Crippen LogP contribution in [0.4, 0.5) is 0 Å². The summed E-state index contributed by atoms with van der Waals surface area (Å²) >= 11 is 0. The molecule has 0 bridgehead atoms. The molecule has 2 aromatic heterocycles. The summed E-state index contributed by atoms with van der Waals surface area (Å²) in [6, 6.07) is 22.1. The molecular formula is C27H24N6O2. The third-order valence-corrected chi connectivity index (χ3v) is 6.28. The standard InChI is InChI=1S/C27H24N6O2/c1-18(20-8-12-22(13-9-20)32-17-28-16-29-32)31(3)26(34)21-10-14-23(15-11-21)33-19(2)30-25-7-5-4-6-24(25)27(33)35/h4-18H,1-3H3. The number of hydrogen-bond acceptors (Lipinski definition) is 5. The minimum Gasteiger partial charge on any atom is -0.335 e. The van der Waals surface area contributed by atoms with E-state index in [1.165, 1.54) is 6.33 Å². The SMILES string of the molecule is Cc1nc2ccccc2c(=O)n1-c1ccc(C(=O)N(C)C(C)c2ccc(-n3cncn3)cc2)cc1. The Morgan fingerprint density at radius 3 is 2.31 bits per heavy atom. The Hall–Kier alpha value is -4.59. The van der Waals surface area contributed by atoms with Gasteiger partial charge in [0.2, 0.25) is 0 Å². The molecule has 0 aliphatic carbocycles. The van der Waals surface area contributed by atoms with Crippen molar-refractivity contribution in [1.29, 1.82) is 0 Å². The number of hydrogen-bond donors (Lipinski definition) is 0. The number of fused-ring (bicyclic) bond motifs is 1. The lowest BCUT2D eigenvalue weighted by Crippen LogP contribution is -2.29. The Labute approximate surface area is 202 Å². The van der Waals surface area contributed by atoms with E-state index < -0.39 is 0 Å². The molecule has 0 spiro atoms. The summed E-state index contributed by atoms with van der Waals surface area (Å²) in [5, 5.41) is 4.69. The molecule has 0 N–H and O–H groups in total. The van der Waals surface area contributed by atoms with Crippen LogP contribution < -0.4 is 5.56 Å². The third-order valence-electron chi connectivity index (χ3n) is 6.28. The second-order valence-electron chi connectivity index (χ2n) is 8.39. The maximum atomic E-state index is 13.2. The summed E-state index contributed by atoms with van der Waals surface area (Å²) in [5.74, 6) is 0.484. The van der Waals surface area contributed by atoms with Gasteiger partial charge in [0.15, 0.2) is 0 Å². The van der Waals surface area contributed by atoms with Gasteiger partial charge in [-0.25, -0.2) is 14.6 Å². The molecule has 2 heterocycles. The van der Waals surface area contributed by atoms with E-state index in [2.05, 4.69) is 15.1 Å². The van der Waals surface area contributed by atoms with Crippen LogP contribution in [0.2, 0.25) is 0 Å². The van der Waals surface area contributed by atoms with Crippen LogP contribution in [0.25, 0.3) is 22.3 Å². The van der Waals surface area contributed by atoms with Crippen LogP contribution in [0.15, 0.2) is 90.2 Å². The number of nitrogens with zero attached hydrogens (tertiary/aromatic N) is 6. The molecule has 8 nitrogen and oxygen atoms in total. The fraction of sp³-hybridized carbons (Fsp3) is 0.148. The Balaban J connectivity index is 1.37. The summed E-state index contributed by atoms with van der Waals surface area (Å²) in [7, 11) is 1.79. The molecule has 0 radical (unpaired) electrons. The zero-order valence-electron chi connectivity index (χ0n) is 19.7. The molecule has 1 unspecified atom stereocenters. The predicted molar refractivity (Wildman–Crippen MR) is 134 cm³/mol. The molecule has 0 saturated carbocycles. The van der Waals surface area contributed by atoms with E-state index in [1.54, 1.807) is 64.8 Å². The first kappa shape index (κ1) is 22.2. The summed E-state index contributed by atoms with van der Waals surface area (Å²) < 4.78 is 3.25. The molecule has 8 heteroatoms. The van der Waals surface area contributed by atoms with E-state index in [9.17, 15) is 9.59 Å². The molecule has 0 fully saturated rings. The van der Waals surface area contributed by atoms with E-state index in [4.69, 9.17) is 0 Å². The first-order valence-corrected chi connectivity index (χ1v) is 11.2. The lowest BCUT2D eigenvalue weighted by Gasteiger charge is -2.26. The van der Waals surface area contributed by atoms with Crippen LogP contribution in [0, 0.1) is 6.92 Å². The second-order valence-corrected chi connectivity index (χ2v) is 8.39. The Morgan fingerprint density at radius 2 is 1.63 bits per heavy atom. The number of para-hydroxylation sites is 1. The molecule has 35 heavy (non-hydrogen) atoms. The van der Waals surface area contributed by atoms with Gasteiger partial charge in [-0.05, 0) is 67.9 Å². The number of rotatable bonds is 5. The zero-order chi connectivity index (χ0) is 24.5. The molecule has 1 amide bonds. The third kappa shape index (κ3) is 4.10. The molecule has 3 aromatic carbocycles. The molecule has 5 aromatic rings. The van der Waals surface area contributed by atoms with Crippen molar-refractivity contribution < 1.29 is 4.79 Å². The van der Waals surface area contributed by atoms with E-state index in [-0.39, 0.29) is 17.5 Å². The van der Waals surface area contributed by atoms with Gasteiger partial charge in [-0.1, -0.05) is 24.3 Å². The summed E-state index contributed by atoms with van der Waals surface area (Å²) in [5.41, 5.74) is 3.65. The number of aromatic nitrogens is 5.